The zero-order valence-electron chi connectivity index (χ0n) is 12.6. The number of nitrogens with zero attached hydrogens (tertiary/aromatic N) is 2. The molecule has 4 heteroatoms. The maximum atomic E-state index is 11.6. The van der Waals surface area contributed by atoms with Gasteiger partial charge in [-0.3, -0.25) is 9.88 Å². The molecule has 21 heavy (non-hydrogen) atoms. The lowest BCUT2D eigenvalue weighted by molar-refractivity contribution is 0.0600. The van der Waals surface area contributed by atoms with Crippen LogP contribution < -0.4 is 0 Å². The van der Waals surface area contributed by atoms with E-state index in [2.05, 4.69) is 16.8 Å². The topological polar surface area (TPSA) is 42.4 Å². The number of pyridine rings is 1. The van der Waals surface area contributed by atoms with Crippen LogP contribution in [0.15, 0.2) is 48.7 Å². The largest absolute Gasteiger partial charge is 0.465 e. The first kappa shape index (κ1) is 15.2. The van der Waals surface area contributed by atoms with Crippen LogP contribution in [0.25, 0.3) is 0 Å². The number of rotatable bonds is 5. The highest BCUT2D eigenvalue weighted by molar-refractivity contribution is 5.89. The molecular weight excluding hydrogens is 264 g/mol. The number of aromatic nitrogens is 1. The molecule has 0 amide bonds. The van der Waals surface area contributed by atoms with Crippen molar-refractivity contribution in [2.75, 3.05) is 14.2 Å². The first-order valence-corrected chi connectivity index (χ1v) is 6.90. The van der Waals surface area contributed by atoms with Crippen molar-refractivity contribution in [2.24, 2.45) is 0 Å². The van der Waals surface area contributed by atoms with Crippen LogP contribution in [0.5, 0.6) is 0 Å². The number of carbonyl (C=O) groups is 1. The van der Waals surface area contributed by atoms with Crippen LogP contribution in [0.1, 0.15) is 34.6 Å². The standard InChI is InChI=1S/C17H20N2O2/c1-13(16-9-4-5-10-18-16)19(2)12-14-7-6-8-15(11-14)17(20)21-3/h4-11,13H,12H2,1-3H3/t13-/m0/s1. The van der Waals surface area contributed by atoms with Crippen molar-refractivity contribution >= 4 is 5.97 Å². The number of hydrogen-bond donors (Lipinski definition) is 0. The molecule has 2 aromatic rings. The van der Waals surface area contributed by atoms with Crippen LogP contribution in [-0.4, -0.2) is 30.0 Å². The summed E-state index contributed by atoms with van der Waals surface area (Å²) < 4.78 is 4.75. The van der Waals surface area contributed by atoms with Gasteiger partial charge < -0.3 is 4.74 Å². The first-order valence-electron chi connectivity index (χ1n) is 6.90. The van der Waals surface area contributed by atoms with Gasteiger partial charge in [-0.25, -0.2) is 4.79 Å². The minimum atomic E-state index is -0.308. The fourth-order valence-corrected chi connectivity index (χ4v) is 2.19. The zero-order chi connectivity index (χ0) is 15.2. The van der Waals surface area contributed by atoms with E-state index in [4.69, 9.17) is 4.74 Å². The molecule has 0 aliphatic carbocycles. The zero-order valence-corrected chi connectivity index (χ0v) is 12.6. The monoisotopic (exact) mass is 284 g/mol. The molecule has 0 saturated carbocycles. The van der Waals surface area contributed by atoms with Crippen LogP contribution in [0.3, 0.4) is 0 Å². The lowest BCUT2D eigenvalue weighted by Crippen LogP contribution is -2.22. The fraction of sp³-hybridized carbons (Fsp3) is 0.294. The van der Waals surface area contributed by atoms with Crippen LogP contribution in [-0.2, 0) is 11.3 Å². The number of benzene rings is 1. The summed E-state index contributed by atoms with van der Waals surface area (Å²) in [5.41, 5.74) is 2.68. The van der Waals surface area contributed by atoms with Crippen molar-refractivity contribution in [3.63, 3.8) is 0 Å². The second-order valence-electron chi connectivity index (χ2n) is 5.04. The number of ether oxygens (including phenoxy) is 1. The van der Waals surface area contributed by atoms with Gasteiger partial charge in [-0.15, -0.1) is 0 Å². The van der Waals surface area contributed by atoms with Crippen molar-refractivity contribution in [2.45, 2.75) is 19.5 Å². The Morgan fingerprint density at radius 3 is 2.76 bits per heavy atom. The van der Waals surface area contributed by atoms with Gasteiger partial charge in [-0.1, -0.05) is 18.2 Å². The molecule has 4 nitrogen and oxygen atoms in total. The highest BCUT2D eigenvalue weighted by Gasteiger charge is 2.13. The molecule has 1 atom stereocenters. The third-order valence-corrected chi connectivity index (χ3v) is 3.56. The van der Waals surface area contributed by atoms with Gasteiger partial charge >= 0.3 is 5.97 Å². The van der Waals surface area contributed by atoms with E-state index >= 15 is 0 Å². The molecule has 0 radical (unpaired) electrons. The van der Waals surface area contributed by atoms with E-state index in [9.17, 15) is 4.79 Å². The molecule has 0 aliphatic rings. The predicted octanol–water partition coefficient (Wildman–Crippen LogP) is 3.06. The molecule has 0 unspecified atom stereocenters. The molecule has 2 rings (SSSR count). The Labute approximate surface area is 125 Å². The number of carbonyl (C=O) groups excluding carboxylic acids is 1. The summed E-state index contributed by atoms with van der Waals surface area (Å²) in [6, 6.07) is 13.6. The summed E-state index contributed by atoms with van der Waals surface area (Å²) in [4.78, 5) is 18.1. The van der Waals surface area contributed by atoms with Crippen molar-refractivity contribution in [3.05, 3.63) is 65.5 Å². The average molecular weight is 284 g/mol. The predicted molar refractivity (Wildman–Crippen MR) is 81.9 cm³/mol. The molecule has 0 bridgehead atoms. The molecule has 0 spiro atoms. The number of methoxy groups -OCH3 is 1. The molecule has 1 heterocycles. The number of hydrogen-bond acceptors (Lipinski definition) is 4. The molecule has 0 fully saturated rings. The van der Waals surface area contributed by atoms with E-state index in [0.29, 0.717) is 5.56 Å². The fourth-order valence-electron chi connectivity index (χ4n) is 2.19. The van der Waals surface area contributed by atoms with E-state index in [1.54, 1.807) is 12.3 Å². The normalized spacial score (nSPS) is 12.2. The van der Waals surface area contributed by atoms with Crippen molar-refractivity contribution in [1.29, 1.82) is 0 Å². The third-order valence-electron chi connectivity index (χ3n) is 3.56. The molecule has 110 valence electrons. The van der Waals surface area contributed by atoms with Crippen molar-refractivity contribution in [3.8, 4) is 0 Å². The van der Waals surface area contributed by atoms with Crippen LogP contribution in [0.4, 0.5) is 0 Å². The van der Waals surface area contributed by atoms with Crippen LogP contribution >= 0.6 is 0 Å². The minimum absolute atomic E-state index is 0.202. The molecular formula is C17H20N2O2. The second kappa shape index (κ2) is 6.99. The van der Waals surface area contributed by atoms with E-state index in [-0.39, 0.29) is 12.0 Å². The highest BCUT2D eigenvalue weighted by Crippen LogP contribution is 2.19. The first-order chi connectivity index (χ1) is 10.1. The average Bonchev–Trinajstić information content (AvgIpc) is 2.54. The third kappa shape index (κ3) is 3.89. The smallest absolute Gasteiger partial charge is 0.337 e. The lowest BCUT2D eigenvalue weighted by Gasteiger charge is -2.24. The minimum Gasteiger partial charge on any atom is -0.465 e. The van der Waals surface area contributed by atoms with Crippen LogP contribution in [0, 0.1) is 0 Å². The van der Waals surface area contributed by atoms with Gasteiger partial charge in [0.05, 0.1) is 18.4 Å². The second-order valence-corrected chi connectivity index (χ2v) is 5.04. The van der Waals surface area contributed by atoms with Gasteiger partial charge in [-0.05, 0) is 43.8 Å². The highest BCUT2D eigenvalue weighted by atomic mass is 16.5. The summed E-state index contributed by atoms with van der Waals surface area (Å²) in [6.45, 7) is 2.86. The van der Waals surface area contributed by atoms with Gasteiger partial charge in [0.1, 0.15) is 0 Å². The molecule has 0 saturated heterocycles. The summed E-state index contributed by atoms with van der Waals surface area (Å²) in [5.74, 6) is -0.308. The Morgan fingerprint density at radius 1 is 1.29 bits per heavy atom. The Kier molecular flexibility index (Phi) is 5.06. The molecule has 0 N–H and O–H groups in total. The maximum absolute atomic E-state index is 11.6. The van der Waals surface area contributed by atoms with E-state index < -0.39 is 0 Å². The van der Waals surface area contributed by atoms with Gasteiger partial charge in [0.2, 0.25) is 0 Å². The maximum Gasteiger partial charge on any atom is 0.337 e. The van der Waals surface area contributed by atoms with Crippen molar-refractivity contribution in [1.82, 2.24) is 9.88 Å². The van der Waals surface area contributed by atoms with Crippen LogP contribution in [0.2, 0.25) is 0 Å². The van der Waals surface area contributed by atoms with Gasteiger partial charge in [0.25, 0.3) is 0 Å². The SMILES string of the molecule is COC(=O)c1cccc(CN(C)[C@@H](C)c2ccccn2)c1. The van der Waals surface area contributed by atoms with Gasteiger partial charge in [0.15, 0.2) is 0 Å². The van der Waals surface area contributed by atoms with E-state index in [1.807, 2.05) is 43.4 Å². The Morgan fingerprint density at radius 2 is 2.10 bits per heavy atom. The van der Waals surface area contributed by atoms with E-state index in [0.717, 1.165) is 17.8 Å². The van der Waals surface area contributed by atoms with Gasteiger partial charge in [-0.2, -0.15) is 0 Å². The molecule has 1 aromatic carbocycles. The lowest BCUT2D eigenvalue weighted by atomic mass is 10.1. The van der Waals surface area contributed by atoms with Crippen molar-refractivity contribution < 1.29 is 9.53 Å². The molecule has 0 aliphatic heterocycles. The Balaban J connectivity index is 2.09. The molecule has 1 aromatic heterocycles. The van der Waals surface area contributed by atoms with E-state index in [1.165, 1.54) is 7.11 Å². The Hall–Kier alpha value is -2.20. The summed E-state index contributed by atoms with van der Waals surface area (Å²) in [6.07, 6.45) is 1.80. The summed E-state index contributed by atoms with van der Waals surface area (Å²) >= 11 is 0. The quantitative estimate of drug-likeness (QED) is 0.791. The summed E-state index contributed by atoms with van der Waals surface area (Å²) in [5, 5.41) is 0. The summed E-state index contributed by atoms with van der Waals surface area (Å²) in [7, 11) is 3.44. The number of esters is 1. The Bertz CT molecular complexity index is 599. The van der Waals surface area contributed by atoms with Gasteiger partial charge in [0, 0.05) is 18.8 Å².